The topological polar surface area (TPSA) is 146 Å². The summed E-state index contributed by atoms with van der Waals surface area (Å²) in [6.07, 6.45) is 2.23. The summed E-state index contributed by atoms with van der Waals surface area (Å²) in [7, 11) is -11.6. The molecule has 2 aromatic heterocycles. The van der Waals surface area contributed by atoms with Gasteiger partial charge in [0.15, 0.2) is 25.1 Å². The predicted octanol–water partition coefficient (Wildman–Crippen LogP) is 4.67. The van der Waals surface area contributed by atoms with Gasteiger partial charge in [0, 0.05) is 18.8 Å². The third-order valence-corrected chi connectivity index (χ3v) is 9.73. The molecule has 0 amide bonds. The number of aromatic nitrogens is 2. The second-order valence-corrected chi connectivity index (χ2v) is 14.3. The Bertz CT molecular complexity index is 1910. The quantitative estimate of drug-likeness (QED) is 0.275. The molecule has 0 spiro atoms. The lowest BCUT2D eigenvalue weighted by Gasteiger charge is -2.12. The molecule has 4 rings (SSSR count). The smallest absolute Gasteiger partial charge is 0.435 e. The van der Waals surface area contributed by atoms with Crippen LogP contribution in [-0.4, -0.2) is 55.6 Å². The summed E-state index contributed by atoms with van der Waals surface area (Å²) >= 11 is 0. The molecule has 1 unspecified atom stereocenters. The first kappa shape index (κ1) is 28.5. The highest BCUT2D eigenvalue weighted by Crippen LogP contribution is 2.36. The summed E-state index contributed by atoms with van der Waals surface area (Å²) in [5.41, 5.74) is -4.53. The van der Waals surface area contributed by atoms with Gasteiger partial charge in [-0.25, -0.2) is 27.0 Å². The van der Waals surface area contributed by atoms with E-state index in [-0.39, 0.29) is 39.1 Å². The monoisotopic (exact) mass is 603 g/mol. The van der Waals surface area contributed by atoms with E-state index in [1.54, 1.807) is 0 Å². The average Bonchev–Trinajstić information content (AvgIpc) is 3.30. The molecule has 0 bridgehead atoms. The summed E-state index contributed by atoms with van der Waals surface area (Å²) in [4.78, 5) is 7.48. The Morgan fingerprint density at radius 1 is 0.974 bits per heavy atom. The second kappa shape index (κ2) is 9.91. The zero-order valence-corrected chi connectivity index (χ0v) is 22.9. The molecule has 16 heteroatoms. The minimum atomic E-state index is -5.13. The number of nitrogens with zero attached hydrogens (tertiary/aromatic N) is 3. The zero-order valence-electron chi connectivity index (χ0n) is 20.5. The van der Waals surface area contributed by atoms with E-state index in [1.807, 2.05) is 0 Å². The summed E-state index contributed by atoms with van der Waals surface area (Å²) in [5.74, 6) is -0.518. The van der Waals surface area contributed by atoms with Gasteiger partial charge in [0.05, 0.1) is 21.8 Å². The molecule has 0 saturated heterocycles. The summed E-state index contributed by atoms with van der Waals surface area (Å²) in [5, 5.41) is 0. The Labute approximate surface area is 222 Å². The van der Waals surface area contributed by atoms with Gasteiger partial charge in [-0.05, 0) is 42.0 Å². The molecule has 0 saturated carbocycles. The maximum Gasteiger partial charge on any atom is 0.483 e. The number of rotatable bonds is 7. The van der Waals surface area contributed by atoms with E-state index >= 15 is 0 Å². The maximum absolute atomic E-state index is 13.4. The highest BCUT2D eigenvalue weighted by atomic mass is 32.2. The standard InChI is InChI=1S/C23H20F3N3O7S3/c1-4-38(32,33)20-11-15(14-5-7-16(8-6-14)36-37(3,30)31)13-28-21(20)22-29-18-12-17(9-10-19(18)35-22)39(34,27-2)23(24,25)26/h5-13H,4H2,1-3H3. The van der Waals surface area contributed by atoms with Crippen molar-refractivity contribution in [2.45, 2.75) is 22.2 Å². The molecule has 0 radical (unpaired) electrons. The average molecular weight is 604 g/mol. The van der Waals surface area contributed by atoms with Crippen molar-refractivity contribution < 1.29 is 42.8 Å². The first-order chi connectivity index (χ1) is 18.1. The molecule has 0 fully saturated rings. The first-order valence-electron chi connectivity index (χ1n) is 10.9. The lowest BCUT2D eigenvalue weighted by atomic mass is 10.1. The zero-order chi connectivity index (χ0) is 28.8. The van der Waals surface area contributed by atoms with Gasteiger partial charge >= 0.3 is 15.6 Å². The van der Waals surface area contributed by atoms with Gasteiger partial charge in [-0.1, -0.05) is 19.1 Å². The van der Waals surface area contributed by atoms with Crippen LogP contribution in [0, 0.1) is 0 Å². The van der Waals surface area contributed by atoms with Crippen molar-refractivity contribution in [2.24, 2.45) is 4.36 Å². The van der Waals surface area contributed by atoms with Crippen molar-refractivity contribution in [3.8, 4) is 28.5 Å². The minimum absolute atomic E-state index is 0.0148. The highest BCUT2D eigenvalue weighted by Gasteiger charge is 2.44. The van der Waals surface area contributed by atoms with Crippen LogP contribution in [0.15, 0.2) is 73.3 Å². The molecular formula is C23H20F3N3O7S3. The van der Waals surface area contributed by atoms with Crippen LogP contribution in [-0.2, 0) is 29.7 Å². The number of fused-ring (bicyclic) bond motifs is 1. The molecule has 0 N–H and O–H groups in total. The van der Waals surface area contributed by atoms with Crippen LogP contribution < -0.4 is 4.18 Å². The summed E-state index contributed by atoms with van der Waals surface area (Å²) in [6.45, 7) is 1.42. The highest BCUT2D eigenvalue weighted by molar-refractivity contribution is 7.94. The third-order valence-electron chi connectivity index (χ3n) is 5.46. The minimum Gasteiger partial charge on any atom is -0.435 e. The number of benzene rings is 2. The molecule has 2 aromatic carbocycles. The van der Waals surface area contributed by atoms with Gasteiger partial charge in [0.2, 0.25) is 5.89 Å². The van der Waals surface area contributed by atoms with E-state index in [0.29, 0.717) is 11.1 Å². The molecule has 0 aliphatic rings. The van der Waals surface area contributed by atoms with E-state index in [9.17, 15) is 34.2 Å². The number of pyridine rings is 1. The largest absolute Gasteiger partial charge is 0.483 e. The van der Waals surface area contributed by atoms with Crippen LogP contribution in [0.2, 0.25) is 0 Å². The molecule has 208 valence electrons. The Morgan fingerprint density at radius 2 is 1.64 bits per heavy atom. The number of alkyl halides is 3. The molecule has 0 aliphatic carbocycles. The molecule has 39 heavy (non-hydrogen) atoms. The van der Waals surface area contributed by atoms with Gasteiger partial charge < -0.3 is 8.60 Å². The fourth-order valence-corrected chi connectivity index (χ4v) is 6.28. The first-order valence-corrected chi connectivity index (χ1v) is 15.9. The number of halogens is 3. The van der Waals surface area contributed by atoms with Crippen molar-refractivity contribution in [1.29, 1.82) is 0 Å². The summed E-state index contributed by atoms with van der Waals surface area (Å²) < 4.78 is 115. The molecular weight excluding hydrogens is 583 g/mol. The normalized spacial score (nSPS) is 14.2. The van der Waals surface area contributed by atoms with Gasteiger partial charge in [0.25, 0.3) is 0 Å². The Hall–Kier alpha value is -3.50. The van der Waals surface area contributed by atoms with Crippen molar-refractivity contribution in [3.05, 3.63) is 54.7 Å². The van der Waals surface area contributed by atoms with E-state index in [0.717, 1.165) is 31.5 Å². The third kappa shape index (κ3) is 5.62. The second-order valence-electron chi connectivity index (χ2n) is 8.09. The fourth-order valence-electron chi connectivity index (χ4n) is 3.56. The summed E-state index contributed by atoms with van der Waals surface area (Å²) in [6, 6.07) is 10.1. The van der Waals surface area contributed by atoms with E-state index in [2.05, 4.69) is 14.3 Å². The van der Waals surface area contributed by atoms with E-state index in [4.69, 9.17) is 8.60 Å². The van der Waals surface area contributed by atoms with E-state index in [1.165, 1.54) is 43.5 Å². The van der Waals surface area contributed by atoms with Crippen LogP contribution in [0.25, 0.3) is 33.8 Å². The molecule has 1 atom stereocenters. The van der Waals surface area contributed by atoms with Crippen LogP contribution >= 0.6 is 0 Å². The van der Waals surface area contributed by atoms with Crippen LogP contribution in [0.4, 0.5) is 13.2 Å². The molecule has 2 heterocycles. The van der Waals surface area contributed by atoms with Gasteiger partial charge in [-0.3, -0.25) is 0 Å². The molecule has 10 nitrogen and oxygen atoms in total. The fraction of sp³-hybridized carbons (Fsp3) is 0.217. The predicted molar refractivity (Wildman–Crippen MR) is 137 cm³/mol. The Kier molecular flexibility index (Phi) is 7.24. The van der Waals surface area contributed by atoms with Crippen molar-refractivity contribution in [1.82, 2.24) is 9.97 Å². The van der Waals surface area contributed by atoms with Crippen molar-refractivity contribution in [2.75, 3.05) is 19.1 Å². The lowest BCUT2D eigenvalue weighted by Crippen LogP contribution is -2.23. The Balaban J connectivity index is 1.82. The van der Waals surface area contributed by atoms with Crippen LogP contribution in [0.3, 0.4) is 0 Å². The van der Waals surface area contributed by atoms with Crippen LogP contribution in [0.1, 0.15) is 6.92 Å². The number of oxazole rings is 1. The lowest BCUT2D eigenvalue weighted by molar-refractivity contribution is -0.0403. The van der Waals surface area contributed by atoms with Gasteiger partial charge in [-0.2, -0.15) is 21.6 Å². The number of hydrogen-bond acceptors (Lipinski definition) is 10. The van der Waals surface area contributed by atoms with Crippen molar-refractivity contribution in [3.63, 3.8) is 0 Å². The Morgan fingerprint density at radius 3 is 2.21 bits per heavy atom. The SMILES string of the molecule is CCS(=O)(=O)c1cc(-c2ccc(OS(C)(=O)=O)cc2)cnc1-c1nc2cc(S(=O)(=NC)C(F)(F)F)ccc2o1. The molecule has 4 aromatic rings. The van der Waals surface area contributed by atoms with E-state index < -0.39 is 40.1 Å². The van der Waals surface area contributed by atoms with Gasteiger partial charge in [-0.15, -0.1) is 0 Å². The van der Waals surface area contributed by atoms with Crippen LogP contribution in [0.5, 0.6) is 5.75 Å². The van der Waals surface area contributed by atoms with Gasteiger partial charge in [0.1, 0.15) is 17.0 Å². The maximum atomic E-state index is 13.4. The van der Waals surface area contributed by atoms with Crippen molar-refractivity contribution >= 4 is 40.8 Å². The number of sulfone groups is 1. The molecule has 0 aliphatic heterocycles. The number of hydrogen-bond donors (Lipinski definition) is 0.